The van der Waals surface area contributed by atoms with E-state index in [9.17, 15) is 19.6 Å². The van der Waals surface area contributed by atoms with Crippen molar-refractivity contribution in [1.29, 1.82) is 0 Å². The maximum Gasteiger partial charge on any atom is 0.202 e. The van der Waals surface area contributed by atoms with Crippen molar-refractivity contribution in [3.63, 3.8) is 0 Å². The molecule has 0 heterocycles. The fraction of sp³-hybridized carbons (Fsp3) is 0.263. The third-order valence-electron chi connectivity index (χ3n) is 4.63. The van der Waals surface area contributed by atoms with Crippen LogP contribution in [0.15, 0.2) is 23.4 Å². The van der Waals surface area contributed by atoms with Crippen LogP contribution in [-0.4, -0.2) is 23.8 Å². The Labute approximate surface area is 144 Å². The van der Waals surface area contributed by atoms with E-state index in [2.05, 4.69) is 5.18 Å². The number of methoxy groups -OCH3 is 1. The van der Waals surface area contributed by atoms with Crippen molar-refractivity contribution in [1.82, 2.24) is 0 Å². The van der Waals surface area contributed by atoms with E-state index in [4.69, 9.17) is 4.74 Å². The Morgan fingerprint density at radius 1 is 1.00 bits per heavy atom. The van der Waals surface area contributed by atoms with E-state index in [-0.39, 0.29) is 39.4 Å². The largest absolute Gasteiger partial charge is 0.507 e. The topological polar surface area (TPSA) is 93.0 Å². The number of phenolic OH excluding ortho intramolecular Hbond substituents is 1. The zero-order chi connectivity index (χ0) is 18.3. The lowest BCUT2D eigenvalue weighted by molar-refractivity contribution is 0.0974. The van der Waals surface area contributed by atoms with Gasteiger partial charge in [-0.2, -0.15) is 0 Å². The number of carbonyl (C=O) groups is 2. The van der Waals surface area contributed by atoms with E-state index in [1.807, 2.05) is 0 Å². The predicted molar refractivity (Wildman–Crippen MR) is 92.2 cm³/mol. The van der Waals surface area contributed by atoms with Crippen molar-refractivity contribution in [2.45, 2.75) is 26.7 Å². The number of ether oxygens (including phenoxy) is 1. The van der Waals surface area contributed by atoms with Crippen molar-refractivity contribution >= 4 is 17.3 Å². The van der Waals surface area contributed by atoms with Gasteiger partial charge in [0.15, 0.2) is 5.78 Å². The molecule has 0 atom stereocenters. The van der Waals surface area contributed by atoms with Gasteiger partial charge in [0.05, 0.1) is 23.8 Å². The van der Waals surface area contributed by atoms with E-state index in [1.165, 1.54) is 13.2 Å². The molecule has 0 saturated heterocycles. The van der Waals surface area contributed by atoms with Gasteiger partial charge in [-0.25, -0.2) is 0 Å². The first-order valence-corrected chi connectivity index (χ1v) is 8.02. The van der Waals surface area contributed by atoms with Gasteiger partial charge in [-0.1, -0.05) is 26.0 Å². The highest BCUT2D eigenvalue weighted by Crippen LogP contribution is 2.45. The van der Waals surface area contributed by atoms with Crippen LogP contribution in [0.4, 0.5) is 5.69 Å². The first-order valence-electron chi connectivity index (χ1n) is 8.02. The molecule has 0 bridgehead atoms. The van der Waals surface area contributed by atoms with Gasteiger partial charge in [-0.15, -0.1) is 4.91 Å². The molecular formula is C19H17NO5. The summed E-state index contributed by atoms with van der Waals surface area (Å²) in [6.07, 6.45) is 0.822. The van der Waals surface area contributed by atoms with E-state index in [1.54, 1.807) is 26.0 Å². The normalized spacial score (nSPS) is 12.6. The molecular weight excluding hydrogens is 322 g/mol. The molecule has 0 aliphatic heterocycles. The van der Waals surface area contributed by atoms with Crippen LogP contribution in [0.25, 0.3) is 0 Å². The lowest BCUT2D eigenvalue weighted by Gasteiger charge is -2.24. The molecule has 0 spiro atoms. The smallest absolute Gasteiger partial charge is 0.202 e. The maximum atomic E-state index is 13.1. The molecule has 128 valence electrons. The van der Waals surface area contributed by atoms with Crippen LogP contribution in [0.1, 0.15) is 56.8 Å². The van der Waals surface area contributed by atoms with Gasteiger partial charge < -0.3 is 9.84 Å². The number of rotatable bonds is 4. The zero-order valence-electron chi connectivity index (χ0n) is 14.2. The molecule has 0 saturated carbocycles. The van der Waals surface area contributed by atoms with Gasteiger partial charge in [0.2, 0.25) is 5.78 Å². The molecule has 25 heavy (non-hydrogen) atoms. The Hall–Kier alpha value is -3.02. The summed E-state index contributed by atoms with van der Waals surface area (Å²) in [6, 6.07) is 4.68. The Balaban J connectivity index is 2.47. The third kappa shape index (κ3) is 2.17. The summed E-state index contributed by atoms with van der Waals surface area (Å²) in [5.41, 5.74) is 0.877. The molecule has 1 N–H and O–H groups in total. The molecule has 0 aromatic heterocycles. The van der Waals surface area contributed by atoms with Crippen LogP contribution >= 0.6 is 0 Å². The summed E-state index contributed by atoms with van der Waals surface area (Å²) in [4.78, 5) is 37.6. The first-order chi connectivity index (χ1) is 12.0. The standard InChI is InChI=1S/C19H17NO5/c1-4-9-10(5-2)17(21)15-14(16(9)20-24)18(22)11-7-6-8-12(25-3)13(11)19(15)23/h6-8,21H,4-5H2,1-3H3. The Morgan fingerprint density at radius 3 is 2.24 bits per heavy atom. The minimum Gasteiger partial charge on any atom is -0.507 e. The highest BCUT2D eigenvalue weighted by atomic mass is 16.5. The van der Waals surface area contributed by atoms with Crippen molar-refractivity contribution < 1.29 is 19.4 Å². The fourth-order valence-corrected chi connectivity index (χ4v) is 3.51. The summed E-state index contributed by atoms with van der Waals surface area (Å²) in [7, 11) is 1.40. The molecule has 0 unspecified atom stereocenters. The lowest BCUT2D eigenvalue weighted by Crippen LogP contribution is -2.23. The van der Waals surface area contributed by atoms with Crippen LogP contribution in [0.5, 0.6) is 11.5 Å². The van der Waals surface area contributed by atoms with Crippen molar-refractivity contribution in [3.8, 4) is 11.5 Å². The predicted octanol–water partition coefficient (Wildman–Crippen LogP) is 3.70. The second-order valence-corrected chi connectivity index (χ2v) is 5.74. The maximum absolute atomic E-state index is 13.1. The van der Waals surface area contributed by atoms with Crippen molar-refractivity contribution in [2.75, 3.05) is 7.11 Å². The number of nitroso groups, excluding NO2 is 1. The average molecular weight is 339 g/mol. The van der Waals surface area contributed by atoms with Crippen LogP contribution < -0.4 is 4.74 Å². The van der Waals surface area contributed by atoms with Crippen LogP contribution in [-0.2, 0) is 12.8 Å². The molecule has 0 radical (unpaired) electrons. The third-order valence-corrected chi connectivity index (χ3v) is 4.63. The number of carbonyl (C=O) groups excluding carboxylic acids is 2. The summed E-state index contributed by atoms with van der Waals surface area (Å²) < 4.78 is 5.20. The molecule has 2 aromatic rings. The number of ketones is 2. The summed E-state index contributed by atoms with van der Waals surface area (Å²) in [5, 5.41) is 13.7. The average Bonchev–Trinajstić information content (AvgIpc) is 2.64. The van der Waals surface area contributed by atoms with Gasteiger partial charge in [-0.05, 0) is 35.2 Å². The zero-order valence-corrected chi connectivity index (χ0v) is 14.2. The lowest BCUT2D eigenvalue weighted by atomic mass is 9.79. The molecule has 1 aliphatic rings. The van der Waals surface area contributed by atoms with E-state index >= 15 is 0 Å². The molecule has 0 amide bonds. The first kappa shape index (κ1) is 16.8. The number of hydrogen-bond donors (Lipinski definition) is 1. The van der Waals surface area contributed by atoms with Gasteiger partial charge in [0.1, 0.15) is 17.2 Å². The fourth-order valence-electron chi connectivity index (χ4n) is 3.51. The second kappa shape index (κ2) is 6.12. The quantitative estimate of drug-likeness (QED) is 0.732. The number of aromatic hydroxyl groups is 1. The summed E-state index contributed by atoms with van der Waals surface area (Å²) in [6.45, 7) is 3.61. The minimum atomic E-state index is -0.540. The molecule has 3 rings (SSSR count). The number of nitrogens with zero attached hydrogens (tertiary/aromatic N) is 1. The van der Waals surface area contributed by atoms with E-state index < -0.39 is 11.6 Å². The van der Waals surface area contributed by atoms with Gasteiger partial charge >= 0.3 is 0 Å². The van der Waals surface area contributed by atoms with Crippen LogP contribution in [0.2, 0.25) is 0 Å². The number of fused-ring (bicyclic) bond motifs is 2. The number of hydrogen-bond acceptors (Lipinski definition) is 6. The molecule has 6 heteroatoms. The SMILES string of the molecule is CCc1c(O)c2c(c(N=O)c1CC)C(=O)c1cccc(OC)c1C2=O. The van der Waals surface area contributed by atoms with Crippen LogP contribution in [0, 0.1) is 4.91 Å². The monoisotopic (exact) mass is 339 g/mol. The molecule has 2 aromatic carbocycles. The second-order valence-electron chi connectivity index (χ2n) is 5.74. The summed E-state index contributed by atoms with van der Waals surface area (Å²) >= 11 is 0. The van der Waals surface area contributed by atoms with Crippen LogP contribution in [0.3, 0.4) is 0 Å². The van der Waals surface area contributed by atoms with Gasteiger partial charge in [-0.3, -0.25) is 9.59 Å². The Kier molecular flexibility index (Phi) is 4.12. The van der Waals surface area contributed by atoms with Gasteiger partial charge in [0.25, 0.3) is 0 Å². The molecule has 0 fully saturated rings. The Bertz CT molecular complexity index is 930. The highest BCUT2D eigenvalue weighted by molar-refractivity contribution is 6.32. The van der Waals surface area contributed by atoms with E-state index in [0.29, 0.717) is 24.0 Å². The van der Waals surface area contributed by atoms with Crippen molar-refractivity contribution in [2.24, 2.45) is 5.18 Å². The molecule has 6 nitrogen and oxygen atoms in total. The number of benzene rings is 2. The molecule has 1 aliphatic carbocycles. The minimum absolute atomic E-state index is 0.0565. The van der Waals surface area contributed by atoms with Gasteiger partial charge in [0, 0.05) is 5.56 Å². The summed E-state index contributed by atoms with van der Waals surface area (Å²) in [5.74, 6) is -1.05. The Morgan fingerprint density at radius 2 is 1.68 bits per heavy atom. The number of phenols is 1. The van der Waals surface area contributed by atoms with E-state index in [0.717, 1.165) is 0 Å². The highest BCUT2D eigenvalue weighted by Gasteiger charge is 2.39. The van der Waals surface area contributed by atoms with Crippen molar-refractivity contribution in [3.05, 3.63) is 56.5 Å².